The first-order chi connectivity index (χ1) is 48.1. The summed E-state index contributed by atoms with van der Waals surface area (Å²) in [6, 6.07) is 0. The number of hydrogen-bond acceptors (Lipinski definition) is 28. The Morgan fingerprint density at radius 1 is 0.330 bits per heavy atom. The van der Waals surface area contributed by atoms with E-state index in [-0.39, 0.29) is 179 Å². The largest absolute Gasteiger partial charge is 0.394 e. The van der Waals surface area contributed by atoms with Crippen LogP contribution in [0.2, 0.25) is 0 Å². The number of unbranched alkanes of at least 4 members (excludes halogenated alkanes) is 7. The number of aliphatic hydroxyl groups excluding tert-OH is 10. The maximum Gasteiger partial charge on any atom is 0.222 e. The summed E-state index contributed by atoms with van der Waals surface area (Å²) in [5, 5.41) is 107. The molecule has 0 spiro atoms. The van der Waals surface area contributed by atoms with Crippen LogP contribution in [0.4, 0.5) is 0 Å². The smallest absolute Gasteiger partial charge is 0.222 e. The lowest BCUT2D eigenvalue weighted by Crippen LogP contribution is -2.59. The van der Waals surface area contributed by atoms with Crippen LogP contribution in [-0.4, -0.2) is 297 Å². The van der Waals surface area contributed by atoms with Crippen molar-refractivity contribution in [3.8, 4) is 0 Å². The van der Waals surface area contributed by atoms with Gasteiger partial charge in [0.1, 0.15) is 65.3 Å². The number of Topliss-reactive ketones (excluding diaryl/α,β-unsaturated/α-hetero) is 4. The molecule has 15 unspecified atom stereocenters. The van der Waals surface area contributed by atoms with Crippen LogP contribution < -0.4 is 16.0 Å². The van der Waals surface area contributed by atoms with Crippen LogP contribution in [-0.2, 0) is 85.7 Å². The van der Waals surface area contributed by atoms with Crippen molar-refractivity contribution in [3.05, 3.63) is 0 Å². The monoisotopic (exact) mass is 1440 g/mol. The maximum atomic E-state index is 13.6. The van der Waals surface area contributed by atoms with Crippen molar-refractivity contribution in [2.75, 3.05) is 125 Å². The third kappa shape index (κ3) is 37.3. The van der Waals surface area contributed by atoms with E-state index < -0.39 is 123 Å². The highest BCUT2D eigenvalue weighted by Crippen LogP contribution is 2.30. The molecule has 100 heavy (non-hydrogen) atoms. The van der Waals surface area contributed by atoms with Gasteiger partial charge in [0.15, 0.2) is 18.9 Å². The second kappa shape index (κ2) is 53.9. The molecule has 0 aromatic heterocycles. The molecule has 0 saturated carbocycles. The van der Waals surface area contributed by atoms with Crippen LogP contribution in [0, 0.1) is 17.8 Å². The maximum absolute atomic E-state index is 13.6. The molecule has 0 aliphatic carbocycles. The van der Waals surface area contributed by atoms with Gasteiger partial charge < -0.3 is 119 Å². The van der Waals surface area contributed by atoms with Gasteiger partial charge in [-0.2, -0.15) is 0 Å². The van der Waals surface area contributed by atoms with Crippen molar-refractivity contribution in [3.63, 3.8) is 0 Å². The normalized spacial score (nSPS) is 26.0. The number of carbonyl (C=O) groups is 7. The predicted molar refractivity (Wildman–Crippen MR) is 358 cm³/mol. The standard InChI is InChI=1S/C69H123N3O28/c1-47-60(84)63(87)54(41-74)98-66(47)95-31-13-10-21-50(77)17-6-4-8-19-52(79)24-34-92-44-69(72-59(83)27-36-90-39-40-91-38-30-73,45-93-35-25-53(80)20-9-5-7-18-51(78)22-11-14-32-96-67-48(2)61(85)64(88)55(42-75)99-67)46-94-37-26-58(82)71-29-16-28-70-57(81)23-12-15-33-97-68-49(3)62(86)65(89)56(43-76)100-68/h47-49,54-56,60-68,73-76,84-89H,4-46H2,1-3H3,(H,70,81)(H,71,82)(H,72,83). The molecule has 0 aromatic carbocycles. The third-order valence-electron chi connectivity index (χ3n) is 17.9. The molecule has 3 amide bonds. The highest BCUT2D eigenvalue weighted by molar-refractivity contribution is 5.80. The van der Waals surface area contributed by atoms with Crippen LogP contribution in [0.25, 0.3) is 0 Å². The molecule has 0 radical (unpaired) electrons. The molecule has 31 heteroatoms. The fourth-order valence-electron chi connectivity index (χ4n) is 11.4. The van der Waals surface area contributed by atoms with Gasteiger partial charge in [-0.05, 0) is 70.6 Å². The molecule has 582 valence electrons. The lowest BCUT2D eigenvalue weighted by molar-refractivity contribution is -0.282. The number of rotatable bonds is 61. The highest BCUT2D eigenvalue weighted by atomic mass is 16.7. The van der Waals surface area contributed by atoms with Crippen molar-refractivity contribution in [1.82, 2.24) is 16.0 Å². The number of ether oxygens (including phenoxy) is 11. The van der Waals surface area contributed by atoms with E-state index in [2.05, 4.69) is 16.0 Å². The van der Waals surface area contributed by atoms with E-state index in [1.165, 1.54) is 0 Å². The van der Waals surface area contributed by atoms with Gasteiger partial charge in [-0.1, -0.05) is 33.6 Å². The van der Waals surface area contributed by atoms with Gasteiger partial charge in [0.2, 0.25) is 17.7 Å². The van der Waals surface area contributed by atoms with Gasteiger partial charge in [-0.3, -0.25) is 33.6 Å². The quantitative estimate of drug-likeness (QED) is 0.0358. The van der Waals surface area contributed by atoms with Crippen LogP contribution in [0.5, 0.6) is 0 Å². The summed E-state index contributed by atoms with van der Waals surface area (Å²) in [6.07, 6.45) is -2.76. The Bertz CT molecular complexity index is 2020. The number of ketones is 4. The molecule has 3 aliphatic heterocycles. The molecule has 3 heterocycles. The van der Waals surface area contributed by atoms with E-state index in [9.17, 15) is 79.5 Å². The van der Waals surface area contributed by atoms with Gasteiger partial charge in [-0.15, -0.1) is 0 Å². The number of hydrogen-bond donors (Lipinski definition) is 13. The molecule has 3 fully saturated rings. The summed E-state index contributed by atoms with van der Waals surface area (Å²) in [5.74, 6) is -2.48. The zero-order valence-electron chi connectivity index (χ0n) is 59.4. The van der Waals surface area contributed by atoms with E-state index in [0.29, 0.717) is 116 Å². The van der Waals surface area contributed by atoms with Gasteiger partial charge in [-0.25, -0.2) is 0 Å². The Kier molecular flexibility index (Phi) is 48.8. The predicted octanol–water partition coefficient (Wildman–Crippen LogP) is 0.0630. The number of carbonyl (C=O) groups excluding carboxylic acids is 7. The molecule has 3 rings (SSSR count). The lowest BCUT2D eigenvalue weighted by Gasteiger charge is -2.40. The zero-order chi connectivity index (χ0) is 73.5. The van der Waals surface area contributed by atoms with Crippen LogP contribution >= 0.6 is 0 Å². The molecule has 0 aromatic rings. The summed E-state index contributed by atoms with van der Waals surface area (Å²) >= 11 is 0. The fourth-order valence-corrected chi connectivity index (χ4v) is 11.4. The second-order valence-corrected chi connectivity index (χ2v) is 26.4. The van der Waals surface area contributed by atoms with Gasteiger partial charge >= 0.3 is 0 Å². The molecule has 3 saturated heterocycles. The first kappa shape index (κ1) is 90.5. The van der Waals surface area contributed by atoms with Crippen molar-refractivity contribution in [1.29, 1.82) is 0 Å². The Hall–Kier alpha value is -3.75. The average molecular weight is 1440 g/mol. The summed E-state index contributed by atoms with van der Waals surface area (Å²) < 4.78 is 63.0. The minimum Gasteiger partial charge on any atom is -0.394 e. The SMILES string of the molecule is CC1C(OCCCCC(=O)CCCCCC(=O)CCOCC(COCCC(=O)CCCCCC(=O)CCCCOC2OC(CO)C(O)C(O)C2C)(COCCC(=O)NCCCNC(=O)CCCCOC2OC(CO)C(O)C(O)C2C)NC(=O)CCOCCOCCO)OC(CO)C(O)C1O. The van der Waals surface area contributed by atoms with Gasteiger partial charge in [0.25, 0.3) is 0 Å². The molecule has 31 nitrogen and oxygen atoms in total. The van der Waals surface area contributed by atoms with Crippen LogP contribution in [0.1, 0.15) is 175 Å². The lowest BCUT2D eigenvalue weighted by atomic mass is 9.92. The van der Waals surface area contributed by atoms with E-state index in [1.54, 1.807) is 20.8 Å². The Morgan fingerprint density at radius 3 is 1.01 bits per heavy atom. The molecule has 3 aliphatic rings. The first-order valence-electron chi connectivity index (χ1n) is 36.2. The Morgan fingerprint density at radius 2 is 0.640 bits per heavy atom. The minimum atomic E-state index is -1.38. The van der Waals surface area contributed by atoms with E-state index in [0.717, 1.165) is 0 Å². The average Bonchev–Trinajstić information content (AvgIpc) is 0.802. The van der Waals surface area contributed by atoms with Gasteiger partial charge in [0, 0.05) is 121 Å². The first-order valence-corrected chi connectivity index (χ1v) is 36.2. The molecule has 0 bridgehead atoms. The van der Waals surface area contributed by atoms with Crippen molar-refractivity contribution < 1.29 is 137 Å². The second-order valence-electron chi connectivity index (χ2n) is 26.4. The molecular formula is C69H123N3O28. The van der Waals surface area contributed by atoms with Crippen molar-refractivity contribution in [2.24, 2.45) is 17.8 Å². The zero-order valence-corrected chi connectivity index (χ0v) is 59.4. The molecule has 15 atom stereocenters. The summed E-state index contributed by atoms with van der Waals surface area (Å²) in [4.78, 5) is 90.5. The van der Waals surface area contributed by atoms with E-state index in [4.69, 9.17) is 57.2 Å². The van der Waals surface area contributed by atoms with E-state index in [1.807, 2.05) is 0 Å². The fraction of sp³-hybridized carbons (Fsp3) is 0.899. The summed E-state index contributed by atoms with van der Waals surface area (Å²) in [6.45, 7) is 4.61. The summed E-state index contributed by atoms with van der Waals surface area (Å²) in [7, 11) is 0. The Labute approximate surface area is 589 Å². The van der Waals surface area contributed by atoms with Crippen molar-refractivity contribution in [2.45, 2.75) is 254 Å². The van der Waals surface area contributed by atoms with E-state index >= 15 is 0 Å². The molecule has 13 N–H and O–H groups in total. The number of nitrogens with one attached hydrogen (secondary N) is 3. The number of amides is 3. The Balaban J connectivity index is 1.48. The molecular weight excluding hydrogens is 1320 g/mol. The number of aliphatic hydroxyl groups is 10. The topological polar surface area (TPSA) is 459 Å². The van der Waals surface area contributed by atoms with Crippen molar-refractivity contribution >= 4 is 40.9 Å². The summed E-state index contributed by atoms with van der Waals surface area (Å²) in [5.41, 5.74) is -1.38. The van der Waals surface area contributed by atoms with Crippen LogP contribution in [0.15, 0.2) is 0 Å². The third-order valence-corrected chi connectivity index (χ3v) is 17.9. The van der Waals surface area contributed by atoms with Gasteiger partial charge in [0.05, 0.1) is 111 Å². The van der Waals surface area contributed by atoms with Crippen LogP contribution in [0.3, 0.4) is 0 Å². The minimum absolute atomic E-state index is 0.0148. The highest BCUT2D eigenvalue weighted by Gasteiger charge is 2.45.